The van der Waals surface area contributed by atoms with Gasteiger partial charge in [-0.1, -0.05) is 0 Å². The summed E-state index contributed by atoms with van der Waals surface area (Å²) in [4.78, 5) is 11.4. The Kier molecular flexibility index (Phi) is 1.95. The van der Waals surface area contributed by atoms with Gasteiger partial charge in [-0.3, -0.25) is 0 Å². The molecule has 0 unspecified atom stereocenters. The molecule has 3 rings (SSSR count). The second-order valence-corrected chi connectivity index (χ2v) is 3.78. The van der Waals surface area contributed by atoms with Crippen LogP contribution in [0.1, 0.15) is 5.56 Å². The molecule has 0 radical (unpaired) electrons. The lowest BCUT2D eigenvalue weighted by atomic mass is 10.1. The largest absolute Gasteiger partial charge is 0.366 e. The van der Waals surface area contributed by atoms with E-state index in [4.69, 9.17) is 5.26 Å². The molecule has 82 valence electrons. The Hall–Kier alpha value is -2.61. The molecule has 0 aliphatic carbocycles. The zero-order valence-corrected chi connectivity index (χ0v) is 9.18. The fraction of sp³-hybridized carbons (Fsp3) is 0.0833. The summed E-state index contributed by atoms with van der Waals surface area (Å²) in [6.45, 7) is 0. The summed E-state index contributed by atoms with van der Waals surface area (Å²) in [6.07, 6.45) is 6.91. The molecule has 0 aliphatic rings. The summed E-state index contributed by atoms with van der Waals surface area (Å²) >= 11 is 0. The number of rotatable bonds is 1. The number of hydrogen-bond donors (Lipinski definition) is 1. The summed E-state index contributed by atoms with van der Waals surface area (Å²) in [5, 5.41) is 9.98. The van der Waals surface area contributed by atoms with Crippen LogP contribution < -0.4 is 0 Å². The highest BCUT2D eigenvalue weighted by molar-refractivity contribution is 5.92. The molecule has 5 heteroatoms. The van der Waals surface area contributed by atoms with Crippen LogP contribution in [0.3, 0.4) is 0 Å². The van der Waals surface area contributed by atoms with Crippen molar-refractivity contribution in [3.8, 4) is 17.3 Å². The second kappa shape index (κ2) is 3.46. The minimum absolute atomic E-state index is 0.592. The molecule has 0 aromatic carbocycles. The van der Waals surface area contributed by atoms with E-state index in [1.165, 1.54) is 6.33 Å². The van der Waals surface area contributed by atoms with E-state index in [0.29, 0.717) is 5.56 Å². The van der Waals surface area contributed by atoms with Crippen LogP contribution in [-0.4, -0.2) is 19.5 Å². The minimum Gasteiger partial charge on any atom is -0.366 e. The van der Waals surface area contributed by atoms with Crippen LogP contribution in [0.2, 0.25) is 0 Å². The third-order valence-corrected chi connectivity index (χ3v) is 2.78. The SMILES string of the molecule is Cn1ccc2c(-c3c[nH]cc3C#N)ncnc21. The van der Waals surface area contributed by atoms with Crippen molar-refractivity contribution in [2.24, 2.45) is 7.05 Å². The normalized spacial score (nSPS) is 10.6. The molecule has 0 bridgehead atoms. The van der Waals surface area contributed by atoms with Gasteiger partial charge in [-0.15, -0.1) is 0 Å². The third kappa shape index (κ3) is 1.31. The number of nitriles is 1. The first-order chi connectivity index (χ1) is 8.31. The Morgan fingerprint density at radius 1 is 1.35 bits per heavy atom. The van der Waals surface area contributed by atoms with Gasteiger partial charge < -0.3 is 9.55 Å². The molecule has 0 spiro atoms. The van der Waals surface area contributed by atoms with Gasteiger partial charge in [0.2, 0.25) is 0 Å². The van der Waals surface area contributed by atoms with Gasteiger partial charge in [-0.25, -0.2) is 9.97 Å². The summed E-state index contributed by atoms with van der Waals surface area (Å²) < 4.78 is 1.93. The third-order valence-electron chi connectivity index (χ3n) is 2.78. The zero-order valence-electron chi connectivity index (χ0n) is 9.18. The number of nitrogens with one attached hydrogen (secondary N) is 1. The standard InChI is InChI=1S/C12H9N5/c1-17-3-2-9-11(15-7-16-12(9)17)10-6-14-5-8(10)4-13/h2-3,5-7,14H,1H3. The van der Waals surface area contributed by atoms with Crippen molar-refractivity contribution in [2.45, 2.75) is 0 Å². The van der Waals surface area contributed by atoms with E-state index >= 15 is 0 Å². The highest BCUT2D eigenvalue weighted by Crippen LogP contribution is 2.27. The average Bonchev–Trinajstić information content (AvgIpc) is 2.96. The molecular formula is C12H9N5. The molecule has 3 aromatic heterocycles. The van der Waals surface area contributed by atoms with Crippen LogP contribution in [0.15, 0.2) is 31.0 Å². The molecule has 5 nitrogen and oxygen atoms in total. The molecule has 0 atom stereocenters. The highest BCUT2D eigenvalue weighted by Gasteiger charge is 2.12. The highest BCUT2D eigenvalue weighted by atomic mass is 15.0. The van der Waals surface area contributed by atoms with Crippen molar-refractivity contribution >= 4 is 11.0 Å². The van der Waals surface area contributed by atoms with Crippen LogP contribution in [0, 0.1) is 11.3 Å². The van der Waals surface area contributed by atoms with Gasteiger partial charge in [0.25, 0.3) is 0 Å². The van der Waals surface area contributed by atoms with E-state index < -0.39 is 0 Å². The maximum Gasteiger partial charge on any atom is 0.143 e. The van der Waals surface area contributed by atoms with E-state index in [-0.39, 0.29) is 0 Å². The van der Waals surface area contributed by atoms with Gasteiger partial charge in [0.1, 0.15) is 18.0 Å². The maximum absolute atomic E-state index is 9.03. The molecular weight excluding hydrogens is 214 g/mol. The lowest BCUT2D eigenvalue weighted by Gasteiger charge is -2.00. The summed E-state index contributed by atoms with van der Waals surface area (Å²) in [5.41, 5.74) is 3.05. The first-order valence-electron chi connectivity index (χ1n) is 5.14. The van der Waals surface area contributed by atoms with Gasteiger partial charge in [-0.05, 0) is 6.07 Å². The first-order valence-corrected chi connectivity index (χ1v) is 5.14. The van der Waals surface area contributed by atoms with E-state index in [2.05, 4.69) is 21.0 Å². The number of aromatic amines is 1. The van der Waals surface area contributed by atoms with Crippen LogP contribution >= 0.6 is 0 Å². The fourth-order valence-corrected chi connectivity index (χ4v) is 1.94. The van der Waals surface area contributed by atoms with Crippen molar-refractivity contribution in [2.75, 3.05) is 0 Å². The van der Waals surface area contributed by atoms with Crippen molar-refractivity contribution in [3.05, 3.63) is 36.5 Å². The Bertz CT molecular complexity index is 729. The van der Waals surface area contributed by atoms with E-state index in [9.17, 15) is 0 Å². The number of aromatic nitrogens is 4. The quantitative estimate of drug-likeness (QED) is 0.684. The van der Waals surface area contributed by atoms with Crippen molar-refractivity contribution in [3.63, 3.8) is 0 Å². The van der Waals surface area contributed by atoms with Gasteiger partial charge in [-0.2, -0.15) is 5.26 Å². The van der Waals surface area contributed by atoms with Gasteiger partial charge in [0, 0.05) is 36.6 Å². The molecule has 0 saturated heterocycles. The number of H-pyrrole nitrogens is 1. The van der Waals surface area contributed by atoms with Crippen LogP contribution in [0.5, 0.6) is 0 Å². The molecule has 1 N–H and O–H groups in total. The molecule has 3 aromatic rings. The van der Waals surface area contributed by atoms with Crippen LogP contribution in [0.25, 0.3) is 22.3 Å². The van der Waals surface area contributed by atoms with Gasteiger partial charge in [0.15, 0.2) is 0 Å². The Morgan fingerprint density at radius 2 is 2.24 bits per heavy atom. The molecule has 0 saturated carbocycles. The van der Waals surface area contributed by atoms with Crippen LogP contribution in [-0.2, 0) is 7.05 Å². The first kappa shape index (κ1) is 9.60. The van der Waals surface area contributed by atoms with Crippen LogP contribution in [0.4, 0.5) is 0 Å². The molecule has 0 fully saturated rings. The molecule has 17 heavy (non-hydrogen) atoms. The fourth-order valence-electron chi connectivity index (χ4n) is 1.94. The second-order valence-electron chi connectivity index (χ2n) is 3.78. The van der Waals surface area contributed by atoms with E-state index in [1.807, 2.05) is 23.9 Å². The molecule has 0 aliphatic heterocycles. The van der Waals surface area contributed by atoms with Gasteiger partial charge >= 0.3 is 0 Å². The number of aryl methyl sites for hydroxylation is 1. The Balaban J connectivity index is 2.35. The smallest absolute Gasteiger partial charge is 0.143 e. The number of nitrogens with zero attached hydrogens (tertiary/aromatic N) is 4. The van der Waals surface area contributed by atoms with Crippen molar-refractivity contribution < 1.29 is 0 Å². The Morgan fingerprint density at radius 3 is 3.06 bits per heavy atom. The lowest BCUT2D eigenvalue weighted by molar-refractivity contribution is 0.944. The minimum atomic E-state index is 0.592. The number of fused-ring (bicyclic) bond motifs is 1. The Labute approximate surface area is 97.4 Å². The summed E-state index contributed by atoms with van der Waals surface area (Å²) in [7, 11) is 1.93. The van der Waals surface area contributed by atoms with Gasteiger partial charge in [0.05, 0.1) is 11.3 Å². The average molecular weight is 223 g/mol. The number of hydrogen-bond acceptors (Lipinski definition) is 3. The van der Waals surface area contributed by atoms with E-state index in [0.717, 1.165) is 22.3 Å². The summed E-state index contributed by atoms with van der Waals surface area (Å²) in [6, 6.07) is 4.10. The van der Waals surface area contributed by atoms with Crippen molar-refractivity contribution in [1.29, 1.82) is 5.26 Å². The topological polar surface area (TPSA) is 70.3 Å². The van der Waals surface area contributed by atoms with Crippen molar-refractivity contribution in [1.82, 2.24) is 19.5 Å². The summed E-state index contributed by atoms with van der Waals surface area (Å²) in [5.74, 6) is 0. The zero-order chi connectivity index (χ0) is 11.8. The molecule has 0 amide bonds. The predicted molar refractivity (Wildman–Crippen MR) is 63.0 cm³/mol. The molecule has 3 heterocycles. The maximum atomic E-state index is 9.03. The monoisotopic (exact) mass is 223 g/mol. The lowest BCUT2D eigenvalue weighted by Crippen LogP contribution is -1.91. The predicted octanol–water partition coefficient (Wildman–Crippen LogP) is 1.84. The van der Waals surface area contributed by atoms with E-state index in [1.54, 1.807) is 12.4 Å².